The lowest BCUT2D eigenvalue weighted by Crippen LogP contribution is -2.09. The molecule has 0 aliphatic heterocycles. The average molecular weight is 401 g/mol. The lowest BCUT2D eigenvalue weighted by Gasteiger charge is -2.11. The minimum Gasteiger partial charge on any atom is -0.368 e. The number of nitrogen functional groups attached to an aromatic ring is 1. The molecule has 0 bridgehead atoms. The minimum atomic E-state index is -4.80. The van der Waals surface area contributed by atoms with Gasteiger partial charge in [-0.15, -0.1) is 5.10 Å². The Bertz CT molecular complexity index is 923. The van der Waals surface area contributed by atoms with E-state index in [1.807, 2.05) is 0 Å². The van der Waals surface area contributed by atoms with Crippen LogP contribution in [-0.4, -0.2) is 23.2 Å². The molecule has 1 aromatic carbocycles. The van der Waals surface area contributed by atoms with Gasteiger partial charge in [0, 0.05) is 10.7 Å². The molecular formula is C12H9Cl2F3N4O2S. The lowest BCUT2D eigenvalue weighted by atomic mass is 10.1. The first-order valence-corrected chi connectivity index (χ1v) is 9.25. The highest BCUT2D eigenvalue weighted by Crippen LogP contribution is 2.45. The Labute approximate surface area is 143 Å². The maximum absolute atomic E-state index is 12.7. The molecule has 3 rings (SSSR count). The summed E-state index contributed by atoms with van der Waals surface area (Å²) < 4.78 is 62.3. The second-order valence-corrected chi connectivity index (χ2v) is 8.20. The number of benzene rings is 1. The molecule has 1 fully saturated rings. The summed E-state index contributed by atoms with van der Waals surface area (Å²) in [5, 5.41) is 3.25. The second kappa shape index (κ2) is 5.50. The zero-order valence-corrected chi connectivity index (χ0v) is 14.0. The van der Waals surface area contributed by atoms with Gasteiger partial charge in [-0.25, -0.2) is 8.42 Å². The fraction of sp³-hybridized carbons (Fsp3) is 0.333. The van der Waals surface area contributed by atoms with Gasteiger partial charge in [-0.05, 0) is 36.5 Å². The molecule has 1 aliphatic rings. The lowest BCUT2D eigenvalue weighted by molar-refractivity contribution is -0.144. The van der Waals surface area contributed by atoms with Crippen LogP contribution in [0.2, 0.25) is 5.02 Å². The van der Waals surface area contributed by atoms with Crippen LogP contribution in [0.1, 0.15) is 30.1 Å². The molecule has 0 saturated heterocycles. The molecule has 6 nitrogen and oxygen atoms in total. The van der Waals surface area contributed by atoms with Crippen LogP contribution in [0.4, 0.5) is 19.1 Å². The number of alkyl halides is 3. The quantitative estimate of drug-likeness (QED) is 0.797. The largest absolute Gasteiger partial charge is 0.453 e. The molecule has 12 heteroatoms. The SMILES string of the molecule is Nc1nc(C(F)(F)F)nn1-c1cc(S(=O)(=O)Cl)c(C2CC2)cc1Cl. The highest BCUT2D eigenvalue weighted by atomic mass is 35.7. The van der Waals surface area contributed by atoms with E-state index in [-0.39, 0.29) is 21.5 Å². The third-order valence-electron chi connectivity index (χ3n) is 3.47. The Hall–Kier alpha value is -1.52. The van der Waals surface area contributed by atoms with Crippen molar-refractivity contribution in [3.8, 4) is 5.69 Å². The molecule has 130 valence electrons. The zero-order chi connectivity index (χ0) is 17.9. The molecule has 2 N–H and O–H groups in total. The van der Waals surface area contributed by atoms with Gasteiger partial charge in [0.25, 0.3) is 14.9 Å². The summed E-state index contributed by atoms with van der Waals surface area (Å²) >= 11 is 6.09. The fourth-order valence-corrected chi connectivity index (χ4v) is 3.68. The van der Waals surface area contributed by atoms with Gasteiger partial charge in [0.1, 0.15) is 0 Å². The van der Waals surface area contributed by atoms with E-state index >= 15 is 0 Å². The maximum Gasteiger partial charge on any atom is 0.453 e. The van der Waals surface area contributed by atoms with E-state index in [0.717, 1.165) is 18.9 Å². The average Bonchev–Trinajstić information content (AvgIpc) is 3.19. The van der Waals surface area contributed by atoms with Crippen molar-refractivity contribution in [3.63, 3.8) is 0 Å². The van der Waals surface area contributed by atoms with Crippen molar-refractivity contribution >= 4 is 37.3 Å². The molecule has 1 aliphatic carbocycles. The minimum absolute atomic E-state index is 0.00101. The van der Waals surface area contributed by atoms with Crippen LogP contribution >= 0.6 is 22.3 Å². The number of nitrogens with zero attached hydrogens (tertiary/aromatic N) is 3. The summed E-state index contributed by atoms with van der Waals surface area (Å²) in [4.78, 5) is 2.90. The van der Waals surface area contributed by atoms with Crippen molar-refractivity contribution in [3.05, 3.63) is 28.5 Å². The Kier molecular flexibility index (Phi) is 3.97. The van der Waals surface area contributed by atoms with E-state index in [4.69, 9.17) is 28.0 Å². The van der Waals surface area contributed by atoms with E-state index in [1.165, 1.54) is 6.07 Å². The fourth-order valence-electron chi connectivity index (χ4n) is 2.27. The van der Waals surface area contributed by atoms with Gasteiger partial charge < -0.3 is 5.73 Å². The Balaban J connectivity index is 2.21. The summed E-state index contributed by atoms with van der Waals surface area (Å²) in [7, 11) is 1.31. The van der Waals surface area contributed by atoms with Gasteiger partial charge in [-0.2, -0.15) is 22.8 Å². The van der Waals surface area contributed by atoms with Crippen LogP contribution in [0.5, 0.6) is 0 Å². The molecule has 0 radical (unpaired) electrons. The van der Waals surface area contributed by atoms with Crippen LogP contribution < -0.4 is 5.73 Å². The van der Waals surface area contributed by atoms with Crippen LogP contribution in [0, 0.1) is 0 Å². The molecule has 2 aromatic rings. The Morgan fingerprint density at radius 1 is 1.29 bits per heavy atom. The summed E-state index contributed by atoms with van der Waals surface area (Å²) in [5.74, 6) is -2.04. The Morgan fingerprint density at radius 3 is 2.38 bits per heavy atom. The predicted octanol–water partition coefficient (Wildman–Crippen LogP) is 3.33. The highest BCUT2D eigenvalue weighted by molar-refractivity contribution is 8.13. The first-order valence-electron chi connectivity index (χ1n) is 6.56. The van der Waals surface area contributed by atoms with E-state index in [1.54, 1.807) is 0 Å². The van der Waals surface area contributed by atoms with Crippen molar-refractivity contribution in [1.82, 2.24) is 14.8 Å². The summed E-state index contributed by atoms with van der Waals surface area (Å²) in [6.07, 6.45) is -3.25. The van der Waals surface area contributed by atoms with E-state index in [2.05, 4.69) is 10.1 Å². The summed E-state index contributed by atoms with van der Waals surface area (Å²) in [5.41, 5.74) is 5.73. The second-order valence-electron chi connectivity index (χ2n) is 5.26. The monoisotopic (exact) mass is 400 g/mol. The van der Waals surface area contributed by atoms with Crippen molar-refractivity contribution in [1.29, 1.82) is 0 Å². The third-order valence-corrected chi connectivity index (χ3v) is 5.15. The number of hydrogen-bond acceptors (Lipinski definition) is 5. The number of hydrogen-bond donors (Lipinski definition) is 1. The molecule has 24 heavy (non-hydrogen) atoms. The number of aromatic nitrogens is 3. The molecule has 0 amide bonds. The maximum atomic E-state index is 12.7. The molecule has 1 saturated carbocycles. The Morgan fingerprint density at radius 2 is 1.92 bits per heavy atom. The number of nitrogens with two attached hydrogens (primary N) is 1. The van der Waals surface area contributed by atoms with Crippen molar-refractivity contribution in [2.75, 3.05) is 5.73 Å². The molecule has 1 heterocycles. The zero-order valence-electron chi connectivity index (χ0n) is 11.7. The summed E-state index contributed by atoms with van der Waals surface area (Å²) in [6, 6.07) is 2.42. The number of anilines is 1. The highest BCUT2D eigenvalue weighted by Gasteiger charge is 2.37. The van der Waals surface area contributed by atoms with Gasteiger partial charge in [-0.3, -0.25) is 0 Å². The number of rotatable bonds is 3. The molecule has 0 atom stereocenters. The van der Waals surface area contributed by atoms with Crippen molar-refractivity contribution in [2.24, 2.45) is 0 Å². The van der Waals surface area contributed by atoms with Gasteiger partial charge in [0.15, 0.2) is 0 Å². The van der Waals surface area contributed by atoms with Crippen LogP contribution in [-0.2, 0) is 15.2 Å². The summed E-state index contributed by atoms with van der Waals surface area (Å²) in [6.45, 7) is 0. The van der Waals surface area contributed by atoms with Crippen LogP contribution in [0.3, 0.4) is 0 Å². The molecule has 0 spiro atoms. The van der Waals surface area contributed by atoms with Gasteiger partial charge in [0.05, 0.1) is 15.6 Å². The van der Waals surface area contributed by atoms with Crippen molar-refractivity contribution < 1.29 is 21.6 Å². The van der Waals surface area contributed by atoms with E-state index < -0.39 is 27.0 Å². The normalized spacial score (nSPS) is 15.7. The molecule has 0 unspecified atom stereocenters. The molecular weight excluding hydrogens is 392 g/mol. The standard InChI is InChI=1S/C12H9Cl2F3N4O2S/c13-7-3-6(5-1-2-5)9(24(14,22)23)4-8(7)21-11(18)19-10(20-21)12(15,16)17/h3-5H,1-2H2,(H2,18,19,20). The first-order chi connectivity index (χ1) is 11.0. The topological polar surface area (TPSA) is 90.9 Å². The third kappa shape index (κ3) is 3.17. The van der Waals surface area contributed by atoms with Gasteiger partial charge in [-0.1, -0.05) is 11.6 Å². The van der Waals surface area contributed by atoms with Gasteiger partial charge >= 0.3 is 6.18 Å². The molecule has 1 aromatic heterocycles. The smallest absolute Gasteiger partial charge is 0.368 e. The van der Waals surface area contributed by atoms with E-state index in [0.29, 0.717) is 10.2 Å². The van der Waals surface area contributed by atoms with Crippen LogP contribution in [0.15, 0.2) is 17.0 Å². The first kappa shape index (κ1) is 17.3. The van der Waals surface area contributed by atoms with E-state index in [9.17, 15) is 21.6 Å². The van der Waals surface area contributed by atoms with Gasteiger partial charge in [0.2, 0.25) is 5.95 Å². The van der Waals surface area contributed by atoms with Crippen LogP contribution in [0.25, 0.3) is 5.69 Å². The number of halogens is 5. The van der Waals surface area contributed by atoms with Crippen molar-refractivity contribution in [2.45, 2.75) is 29.8 Å². The predicted molar refractivity (Wildman–Crippen MR) is 80.8 cm³/mol.